The molecule has 2 heterocycles. The molecule has 2 unspecified atom stereocenters. The molecule has 0 radical (unpaired) electrons. The molecule has 2 rings (SSSR count). The fraction of sp³-hybridized carbons (Fsp3) is 1.00. The van der Waals surface area contributed by atoms with E-state index in [0.717, 1.165) is 25.9 Å². The lowest BCUT2D eigenvalue weighted by Crippen LogP contribution is -2.53. The van der Waals surface area contributed by atoms with Gasteiger partial charge in [0.1, 0.15) is 0 Å². The third-order valence-corrected chi connectivity index (χ3v) is 3.15. The molecule has 2 fully saturated rings. The van der Waals surface area contributed by atoms with Crippen LogP contribution in [0.3, 0.4) is 0 Å². The van der Waals surface area contributed by atoms with Gasteiger partial charge in [-0.2, -0.15) is 0 Å². The Morgan fingerprint density at radius 1 is 1.58 bits per heavy atom. The first-order valence-electron chi connectivity index (χ1n) is 4.82. The van der Waals surface area contributed by atoms with Gasteiger partial charge < -0.3 is 15.3 Å². The number of nitrogens with zero attached hydrogens (tertiary/aromatic N) is 1. The van der Waals surface area contributed by atoms with Crippen LogP contribution in [0.2, 0.25) is 0 Å². The van der Waals surface area contributed by atoms with Crippen molar-refractivity contribution >= 4 is 0 Å². The molecule has 0 amide bonds. The van der Waals surface area contributed by atoms with Gasteiger partial charge in [0.05, 0.1) is 6.10 Å². The minimum absolute atomic E-state index is 0.0715. The molecule has 2 N–H and O–H groups in total. The second kappa shape index (κ2) is 2.98. The summed E-state index contributed by atoms with van der Waals surface area (Å²) < 4.78 is 0. The van der Waals surface area contributed by atoms with E-state index >= 15 is 0 Å². The van der Waals surface area contributed by atoms with Gasteiger partial charge in [0.15, 0.2) is 0 Å². The van der Waals surface area contributed by atoms with Crippen molar-refractivity contribution in [1.82, 2.24) is 10.2 Å². The maximum Gasteiger partial charge on any atom is 0.0570 e. The third-order valence-electron chi connectivity index (χ3n) is 3.15. The lowest BCUT2D eigenvalue weighted by atomic mass is 9.86. The Kier molecular flexibility index (Phi) is 2.10. The summed E-state index contributed by atoms with van der Waals surface area (Å²) in [6, 6.07) is 0. The molecule has 12 heavy (non-hydrogen) atoms. The highest BCUT2D eigenvalue weighted by Gasteiger charge is 2.39. The van der Waals surface area contributed by atoms with Gasteiger partial charge in [-0.05, 0) is 39.4 Å². The monoisotopic (exact) mass is 170 g/mol. The highest BCUT2D eigenvalue weighted by atomic mass is 16.3. The second-order valence-electron chi connectivity index (χ2n) is 4.34. The number of hydrogen-bond acceptors (Lipinski definition) is 3. The van der Waals surface area contributed by atoms with E-state index in [-0.39, 0.29) is 11.6 Å². The first-order valence-corrected chi connectivity index (χ1v) is 4.82. The number of aliphatic hydroxyl groups excluding tert-OH is 1. The molecular weight excluding hydrogens is 152 g/mol. The summed E-state index contributed by atoms with van der Waals surface area (Å²) in [5.74, 6) is 0. The van der Waals surface area contributed by atoms with Crippen LogP contribution in [-0.2, 0) is 0 Å². The molecule has 0 aromatic rings. The number of nitrogens with one attached hydrogen (secondary N) is 1. The molecule has 2 saturated heterocycles. The SMILES string of the molecule is CN1CCC2(CC(O)CCN2)C1. The average molecular weight is 170 g/mol. The van der Waals surface area contributed by atoms with Crippen LogP contribution >= 0.6 is 0 Å². The first kappa shape index (κ1) is 8.48. The zero-order chi connectivity index (χ0) is 8.60. The van der Waals surface area contributed by atoms with Crippen LogP contribution < -0.4 is 5.32 Å². The molecule has 0 aromatic carbocycles. The summed E-state index contributed by atoms with van der Waals surface area (Å²) in [5.41, 5.74) is 0.242. The Labute approximate surface area is 73.8 Å². The van der Waals surface area contributed by atoms with Gasteiger partial charge in [0.25, 0.3) is 0 Å². The van der Waals surface area contributed by atoms with Gasteiger partial charge in [-0.3, -0.25) is 0 Å². The summed E-state index contributed by atoms with van der Waals surface area (Å²) in [4.78, 5) is 2.34. The van der Waals surface area contributed by atoms with Crippen molar-refractivity contribution in [3.8, 4) is 0 Å². The molecule has 0 saturated carbocycles. The second-order valence-corrected chi connectivity index (χ2v) is 4.34. The topological polar surface area (TPSA) is 35.5 Å². The number of piperidine rings is 1. The molecular formula is C9H18N2O. The Hall–Kier alpha value is -0.120. The highest BCUT2D eigenvalue weighted by molar-refractivity contribution is 5.00. The maximum atomic E-state index is 9.56. The number of aliphatic hydroxyl groups is 1. The number of rotatable bonds is 0. The molecule has 2 aliphatic heterocycles. The molecule has 3 heteroatoms. The van der Waals surface area contributed by atoms with E-state index in [1.165, 1.54) is 13.0 Å². The smallest absolute Gasteiger partial charge is 0.0570 e. The molecule has 0 aromatic heterocycles. The number of hydrogen-bond donors (Lipinski definition) is 2. The molecule has 0 aliphatic carbocycles. The molecule has 70 valence electrons. The molecule has 1 spiro atoms. The van der Waals surface area contributed by atoms with Crippen molar-refractivity contribution in [1.29, 1.82) is 0 Å². The normalized spacial score (nSPS) is 44.0. The standard InChI is InChI=1S/C9H18N2O/c1-11-5-3-9(7-11)6-8(12)2-4-10-9/h8,10,12H,2-7H2,1H3. The van der Waals surface area contributed by atoms with Crippen LogP contribution in [0.5, 0.6) is 0 Å². The predicted octanol–water partition coefficient (Wildman–Crippen LogP) is -0.195. The quantitative estimate of drug-likeness (QED) is 0.529. The van der Waals surface area contributed by atoms with Gasteiger partial charge >= 0.3 is 0 Å². The van der Waals surface area contributed by atoms with Crippen molar-refractivity contribution in [2.75, 3.05) is 26.7 Å². The van der Waals surface area contributed by atoms with Crippen LogP contribution in [-0.4, -0.2) is 48.3 Å². The van der Waals surface area contributed by atoms with Crippen molar-refractivity contribution in [3.63, 3.8) is 0 Å². The van der Waals surface area contributed by atoms with E-state index in [4.69, 9.17) is 0 Å². The van der Waals surface area contributed by atoms with Gasteiger partial charge in [-0.1, -0.05) is 0 Å². The largest absolute Gasteiger partial charge is 0.393 e. The fourth-order valence-corrected chi connectivity index (χ4v) is 2.52. The van der Waals surface area contributed by atoms with E-state index in [1.807, 2.05) is 0 Å². The zero-order valence-corrected chi connectivity index (χ0v) is 7.71. The van der Waals surface area contributed by atoms with E-state index in [1.54, 1.807) is 0 Å². The van der Waals surface area contributed by atoms with Crippen molar-refractivity contribution in [2.45, 2.75) is 30.9 Å². The van der Waals surface area contributed by atoms with E-state index < -0.39 is 0 Å². The van der Waals surface area contributed by atoms with Gasteiger partial charge in [-0.15, -0.1) is 0 Å². The molecule has 2 atom stereocenters. The van der Waals surface area contributed by atoms with Crippen LogP contribution in [0.4, 0.5) is 0 Å². The Bertz CT molecular complexity index is 170. The van der Waals surface area contributed by atoms with Gasteiger partial charge in [0, 0.05) is 12.1 Å². The van der Waals surface area contributed by atoms with Crippen LogP contribution in [0, 0.1) is 0 Å². The third kappa shape index (κ3) is 1.49. The minimum atomic E-state index is -0.0715. The Balaban J connectivity index is 2.00. The lowest BCUT2D eigenvalue weighted by molar-refractivity contribution is 0.0809. The molecule has 3 nitrogen and oxygen atoms in total. The van der Waals surface area contributed by atoms with Gasteiger partial charge in [-0.25, -0.2) is 0 Å². The van der Waals surface area contributed by atoms with Crippen molar-refractivity contribution in [2.24, 2.45) is 0 Å². The Morgan fingerprint density at radius 3 is 3.00 bits per heavy atom. The van der Waals surface area contributed by atoms with Crippen LogP contribution in [0.15, 0.2) is 0 Å². The summed E-state index contributed by atoms with van der Waals surface area (Å²) in [6.07, 6.45) is 2.99. The molecule has 0 bridgehead atoms. The minimum Gasteiger partial charge on any atom is -0.393 e. The van der Waals surface area contributed by atoms with E-state index in [9.17, 15) is 5.11 Å². The van der Waals surface area contributed by atoms with Crippen molar-refractivity contribution in [3.05, 3.63) is 0 Å². The summed E-state index contributed by atoms with van der Waals surface area (Å²) >= 11 is 0. The highest BCUT2D eigenvalue weighted by Crippen LogP contribution is 2.28. The molecule has 2 aliphatic rings. The average Bonchev–Trinajstić information content (AvgIpc) is 2.32. The number of likely N-dealkylation sites (tertiary alicyclic amines) is 1. The summed E-state index contributed by atoms with van der Waals surface area (Å²) in [7, 11) is 2.15. The van der Waals surface area contributed by atoms with Crippen molar-refractivity contribution < 1.29 is 5.11 Å². The van der Waals surface area contributed by atoms with Crippen LogP contribution in [0.1, 0.15) is 19.3 Å². The van der Waals surface area contributed by atoms with E-state index in [0.29, 0.717) is 0 Å². The number of likely N-dealkylation sites (N-methyl/N-ethyl adjacent to an activating group) is 1. The Morgan fingerprint density at radius 2 is 2.42 bits per heavy atom. The van der Waals surface area contributed by atoms with Crippen LogP contribution in [0.25, 0.3) is 0 Å². The summed E-state index contributed by atoms with van der Waals surface area (Å²) in [6.45, 7) is 3.25. The lowest BCUT2D eigenvalue weighted by Gasteiger charge is -2.37. The zero-order valence-electron chi connectivity index (χ0n) is 7.71. The fourth-order valence-electron chi connectivity index (χ4n) is 2.52. The first-order chi connectivity index (χ1) is 5.70. The van der Waals surface area contributed by atoms with E-state index in [2.05, 4.69) is 17.3 Å². The summed E-state index contributed by atoms with van der Waals surface area (Å²) in [5, 5.41) is 13.1. The maximum absolute atomic E-state index is 9.56. The predicted molar refractivity (Wildman–Crippen MR) is 48.1 cm³/mol. The van der Waals surface area contributed by atoms with Gasteiger partial charge in [0.2, 0.25) is 0 Å².